The normalized spacial score (nSPS) is 20.7. The van der Waals surface area contributed by atoms with Crippen LogP contribution in [0, 0.1) is 5.41 Å². The predicted molar refractivity (Wildman–Crippen MR) is 164 cm³/mol. The number of carbonyl (C=O) groups is 6. The Morgan fingerprint density at radius 1 is 1.14 bits per heavy atom. The van der Waals surface area contributed by atoms with E-state index in [4.69, 9.17) is 11.1 Å². The molecule has 0 radical (unpaired) electrons. The van der Waals surface area contributed by atoms with Gasteiger partial charge in [-0.05, 0) is 51.2 Å². The number of hydrogen-bond donors (Lipinski definition) is 8. The molecule has 1 aliphatic heterocycles. The number of nitrogens with zero attached hydrogens (tertiary/aromatic N) is 1. The number of carbonyl (C=O) groups excluding carboxylic acids is 6. The molecule has 5 amide bonds. The smallest absolute Gasteiger partial charge is 0.243 e. The SMILES string of the molecule is CC(=O)N[C@H]1CC(=O)NCCCC[C@@H](C(=O)N[C@@H](CCCNC(=N)N)C(=O)c2nc3ccccc3s2)NC(=O)[C@H](C)NC1=O. The molecule has 3 rings (SSSR count). The molecule has 4 atom stereocenters. The summed E-state index contributed by atoms with van der Waals surface area (Å²) in [6.07, 6.45) is 1.45. The van der Waals surface area contributed by atoms with E-state index in [-0.39, 0.29) is 42.6 Å². The molecule has 0 spiro atoms. The van der Waals surface area contributed by atoms with Crippen LogP contribution in [0.4, 0.5) is 0 Å². The molecule has 1 aromatic carbocycles. The molecule has 0 saturated carbocycles. The van der Waals surface area contributed by atoms with Crippen molar-refractivity contribution in [3.8, 4) is 0 Å². The molecule has 44 heavy (non-hydrogen) atoms. The number of thiazole rings is 1. The molecule has 1 aromatic heterocycles. The molecule has 16 heteroatoms. The lowest BCUT2D eigenvalue weighted by Gasteiger charge is -2.25. The lowest BCUT2D eigenvalue weighted by atomic mass is 10.0. The summed E-state index contributed by atoms with van der Waals surface area (Å²) in [6, 6.07) is 2.98. The topological polar surface area (TPSA) is 237 Å². The third kappa shape index (κ3) is 10.3. The molecule has 238 valence electrons. The largest absolute Gasteiger partial charge is 0.370 e. The minimum atomic E-state index is -1.18. The molecule has 2 heterocycles. The van der Waals surface area contributed by atoms with Crippen LogP contribution >= 0.6 is 11.3 Å². The van der Waals surface area contributed by atoms with Crippen molar-refractivity contribution in [3.63, 3.8) is 0 Å². The zero-order chi connectivity index (χ0) is 32.2. The maximum absolute atomic E-state index is 13.6. The highest BCUT2D eigenvalue weighted by Crippen LogP contribution is 2.23. The van der Waals surface area contributed by atoms with E-state index in [9.17, 15) is 28.8 Å². The zero-order valence-corrected chi connectivity index (χ0v) is 25.5. The molecule has 0 aliphatic carbocycles. The Morgan fingerprint density at radius 2 is 1.89 bits per heavy atom. The number of aromatic nitrogens is 1. The maximum Gasteiger partial charge on any atom is 0.243 e. The molecule has 1 fully saturated rings. The number of ketones is 1. The first-order valence-corrected chi connectivity index (χ1v) is 15.2. The van der Waals surface area contributed by atoms with Crippen LogP contribution in [0.3, 0.4) is 0 Å². The van der Waals surface area contributed by atoms with Gasteiger partial charge in [0.1, 0.15) is 18.1 Å². The van der Waals surface area contributed by atoms with Crippen LogP contribution in [0.5, 0.6) is 0 Å². The first kappa shape index (κ1) is 33.9. The predicted octanol–water partition coefficient (Wildman–Crippen LogP) is -0.589. The van der Waals surface area contributed by atoms with Gasteiger partial charge in [0, 0.05) is 20.0 Å². The van der Waals surface area contributed by atoms with Crippen molar-refractivity contribution in [2.75, 3.05) is 13.1 Å². The number of para-hydroxylation sites is 1. The standard InChI is InChI=1S/C28H39N9O6S/c1-15-24(41)36-19(9-5-6-12-31-22(39)14-20(26(43)33-15)34-16(2)38)25(42)35-18(10-7-13-32-28(29)30)23(40)27-37-17-8-3-4-11-21(17)44-27/h3-4,8,11,15,18-20H,5-7,9-10,12-14H2,1-2H3,(H,31,39)(H,33,43)(H,34,38)(H,35,42)(H,36,41)(H4,29,30,32)/t15-,18-,19-,20-/m0/s1. The van der Waals surface area contributed by atoms with Crippen molar-refractivity contribution in [1.82, 2.24) is 36.9 Å². The molecule has 2 aromatic rings. The quantitative estimate of drug-likeness (QED) is 0.0765. The van der Waals surface area contributed by atoms with E-state index in [1.807, 2.05) is 18.2 Å². The van der Waals surface area contributed by atoms with E-state index in [0.717, 1.165) is 4.70 Å². The molecule has 0 bridgehead atoms. The fraction of sp³-hybridized carbons (Fsp3) is 0.500. The van der Waals surface area contributed by atoms with Crippen LogP contribution in [0.15, 0.2) is 24.3 Å². The average molecular weight is 630 g/mol. The van der Waals surface area contributed by atoms with E-state index >= 15 is 0 Å². The Bertz CT molecular complexity index is 1360. The van der Waals surface area contributed by atoms with Crippen molar-refractivity contribution in [2.45, 2.75) is 76.5 Å². The Kier molecular flexibility index (Phi) is 12.6. The Hall–Kier alpha value is -4.60. The van der Waals surface area contributed by atoms with Gasteiger partial charge in [0.2, 0.25) is 35.3 Å². The van der Waals surface area contributed by atoms with Gasteiger partial charge in [-0.2, -0.15) is 0 Å². The minimum Gasteiger partial charge on any atom is -0.370 e. The van der Waals surface area contributed by atoms with Crippen molar-refractivity contribution >= 4 is 62.8 Å². The van der Waals surface area contributed by atoms with Crippen LogP contribution in [0.25, 0.3) is 10.2 Å². The van der Waals surface area contributed by atoms with E-state index in [0.29, 0.717) is 31.3 Å². The van der Waals surface area contributed by atoms with Gasteiger partial charge >= 0.3 is 0 Å². The van der Waals surface area contributed by atoms with Gasteiger partial charge < -0.3 is 37.6 Å². The maximum atomic E-state index is 13.6. The van der Waals surface area contributed by atoms with Gasteiger partial charge in [0.05, 0.1) is 22.7 Å². The first-order valence-electron chi connectivity index (χ1n) is 14.4. The van der Waals surface area contributed by atoms with Crippen molar-refractivity contribution in [3.05, 3.63) is 29.3 Å². The van der Waals surface area contributed by atoms with Crippen molar-refractivity contribution < 1.29 is 28.8 Å². The highest BCUT2D eigenvalue weighted by Gasteiger charge is 2.31. The zero-order valence-electron chi connectivity index (χ0n) is 24.7. The van der Waals surface area contributed by atoms with Crippen LogP contribution in [0.2, 0.25) is 0 Å². The minimum absolute atomic E-state index is 0.205. The number of nitrogens with one attached hydrogen (secondary N) is 7. The second-order valence-electron chi connectivity index (χ2n) is 10.5. The van der Waals surface area contributed by atoms with Gasteiger partial charge in [0.25, 0.3) is 0 Å². The summed E-state index contributed by atoms with van der Waals surface area (Å²) < 4.78 is 0.821. The summed E-state index contributed by atoms with van der Waals surface area (Å²) in [6.45, 7) is 3.19. The van der Waals surface area contributed by atoms with Gasteiger partial charge in [0.15, 0.2) is 11.0 Å². The molecule has 1 saturated heterocycles. The third-order valence-electron chi connectivity index (χ3n) is 6.83. The summed E-state index contributed by atoms with van der Waals surface area (Å²) in [5.41, 5.74) is 6.02. The first-order chi connectivity index (χ1) is 20.9. The fourth-order valence-corrected chi connectivity index (χ4v) is 5.52. The highest BCUT2D eigenvalue weighted by molar-refractivity contribution is 7.20. The third-order valence-corrected chi connectivity index (χ3v) is 7.88. The summed E-state index contributed by atoms with van der Waals surface area (Å²) in [5, 5.41) is 23.3. The van der Waals surface area contributed by atoms with Crippen molar-refractivity contribution in [2.24, 2.45) is 5.73 Å². The number of guanidine groups is 1. The van der Waals surface area contributed by atoms with Crippen molar-refractivity contribution in [1.29, 1.82) is 5.41 Å². The number of nitrogens with two attached hydrogens (primary N) is 1. The molecule has 0 unspecified atom stereocenters. The number of fused-ring (bicyclic) bond motifs is 1. The van der Waals surface area contributed by atoms with Crippen LogP contribution in [-0.4, -0.2) is 83.5 Å². The number of benzene rings is 1. The van der Waals surface area contributed by atoms with Gasteiger partial charge in [-0.15, -0.1) is 11.3 Å². The summed E-state index contributed by atoms with van der Waals surface area (Å²) >= 11 is 1.21. The molecule has 1 aliphatic rings. The van der Waals surface area contributed by atoms with Gasteiger partial charge in [-0.3, -0.25) is 34.2 Å². The lowest BCUT2D eigenvalue weighted by molar-refractivity contribution is -0.134. The average Bonchev–Trinajstić information content (AvgIpc) is 3.40. The molecule has 9 N–H and O–H groups in total. The van der Waals surface area contributed by atoms with Gasteiger partial charge in [-0.1, -0.05) is 12.1 Å². The number of hydrogen-bond acceptors (Lipinski definition) is 9. The number of Topliss-reactive ketones (excluding diaryl/α,β-unsaturated/α-hetero) is 1. The number of rotatable bonds is 9. The molecule has 15 nitrogen and oxygen atoms in total. The number of amides is 5. The Balaban J connectivity index is 1.78. The summed E-state index contributed by atoms with van der Waals surface area (Å²) in [4.78, 5) is 81.4. The summed E-state index contributed by atoms with van der Waals surface area (Å²) in [5.74, 6) is -3.54. The van der Waals surface area contributed by atoms with E-state index in [1.54, 1.807) is 6.07 Å². The van der Waals surface area contributed by atoms with E-state index in [2.05, 4.69) is 36.9 Å². The second-order valence-corrected chi connectivity index (χ2v) is 11.5. The Morgan fingerprint density at radius 3 is 2.59 bits per heavy atom. The highest BCUT2D eigenvalue weighted by atomic mass is 32.1. The van der Waals surface area contributed by atoms with Crippen LogP contribution < -0.4 is 37.6 Å². The fourth-order valence-electron chi connectivity index (χ4n) is 4.56. The second kappa shape index (κ2) is 16.3. The van der Waals surface area contributed by atoms with Gasteiger partial charge in [-0.25, -0.2) is 4.98 Å². The van der Waals surface area contributed by atoms with Crippen LogP contribution in [-0.2, 0) is 24.0 Å². The Labute approximate surface area is 258 Å². The summed E-state index contributed by atoms with van der Waals surface area (Å²) in [7, 11) is 0. The van der Waals surface area contributed by atoms with Crippen LogP contribution in [0.1, 0.15) is 62.2 Å². The van der Waals surface area contributed by atoms with E-state index < -0.39 is 53.7 Å². The molecular formula is C28H39N9O6S. The van der Waals surface area contributed by atoms with E-state index in [1.165, 1.54) is 25.2 Å². The monoisotopic (exact) mass is 629 g/mol. The lowest BCUT2D eigenvalue weighted by Crippen LogP contribution is -2.57. The molecular weight excluding hydrogens is 590 g/mol.